The Morgan fingerprint density at radius 1 is 0.833 bits per heavy atom. The largest absolute Gasteiger partial charge is 0.378 e. The summed E-state index contributed by atoms with van der Waals surface area (Å²) < 4.78 is 8.30. The second-order valence-corrected chi connectivity index (χ2v) is 13.1. The molecule has 2 aromatic rings. The lowest BCUT2D eigenvalue weighted by Crippen LogP contribution is -2.37. The Morgan fingerprint density at radius 3 is 2.29 bits per heavy atom. The van der Waals surface area contributed by atoms with E-state index in [-0.39, 0.29) is 10.8 Å². The topological polar surface area (TPSA) is 18.7 Å². The van der Waals surface area contributed by atoms with E-state index in [4.69, 9.17) is 4.74 Å². The lowest BCUT2D eigenvalue weighted by Gasteiger charge is -2.36. The number of para-hydroxylation sites is 2. The van der Waals surface area contributed by atoms with Gasteiger partial charge in [0.15, 0.2) is 5.71 Å². The van der Waals surface area contributed by atoms with Crippen LogP contribution in [0.15, 0.2) is 95.4 Å². The Balaban J connectivity index is 1.42. The van der Waals surface area contributed by atoms with Gasteiger partial charge in [-0.3, -0.25) is 0 Å². The smallest absolute Gasteiger partial charge is 0.209 e. The van der Waals surface area contributed by atoms with E-state index < -0.39 is 0 Å². The molecule has 1 saturated heterocycles. The summed E-state index contributed by atoms with van der Waals surface area (Å²) in [5.74, 6) is 0. The highest BCUT2D eigenvalue weighted by Gasteiger charge is 2.43. The molecular formula is C38H48N3O+. The van der Waals surface area contributed by atoms with Crippen molar-refractivity contribution in [3.63, 3.8) is 0 Å². The number of rotatable bonds is 6. The van der Waals surface area contributed by atoms with Crippen LogP contribution in [0, 0.1) is 0 Å². The summed E-state index contributed by atoms with van der Waals surface area (Å²) in [4.78, 5) is 5.10. The predicted octanol–water partition coefficient (Wildman–Crippen LogP) is 8.04. The minimum atomic E-state index is -0.0206. The molecule has 0 saturated carbocycles. The number of nitrogens with zero attached hydrogens (tertiary/aromatic N) is 3. The Hall–Kier alpha value is -3.37. The zero-order valence-electron chi connectivity index (χ0n) is 26.5. The molecule has 0 spiro atoms. The highest BCUT2D eigenvalue weighted by Crippen LogP contribution is 2.48. The molecule has 0 N–H and O–H groups in total. The maximum absolute atomic E-state index is 5.80. The first-order valence-electron chi connectivity index (χ1n) is 16.1. The van der Waals surface area contributed by atoms with Crippen molar-refractivity contribution in [1.29, 1.82) is 0 Å². The maximum atomic E-state index is 5.80. The summed E-state index contributed by atoms with van der Waals surface area (Å²) in [5.41, 5.74) is 12.6. The number of fused-ring (bicyclic) bond motifs is 2. The summed E-state index contributed by atoms with van der Waals surface area (Å²) in [6.07, 6.45) is 13.2. The molecular weight excluding hydrogens is 514 g/mol. The average molecular weight is 563 g/mol. The average Bonchev–Trinajstić information content (AvgIpc) is 3.37. The van der Waals surface area contributed by atoms with Crippen LogP contribution in [-0.2, 0) is 15.6 Å². The van der Waals surface area contributed by atoms with Gasteiger partial charge in [-0.2, -0.15) is 4.58 Å². The third-order valence-electron chi connectivity index (χ3n) is 9.94. The standard InChI is InChI=1S/C38H48N3O/c1-7-40-32-18-11-9-16-30(32)37(3,4)34(40)22-20-28-14-13-15-29(36(28)39-24-26-42-27-25-39)21-23-35-38(5,6)31-17-10-12-19-33(31)41(35)8-2/h9-12,16-23H,7-8,13-15,24-27H2,1-6H3/q+1. The van der Waals surface area contributed by atoms with E-state index in [0.717, 1.165) is 52.2 Å². The van der Waals surface area contributed by atoms with Crippen LogP contribution in [-0.4, -0.2) is 54.6 Å². The van der Waals surface area contributed by atoms with E-state index in [9.17, 15) is 0 Å². The van der Waals surface area contributed by atoms with E-state index in [0.29, 0.717) is 0 Å². The summed E-state index contributed by atoms with van der Waals surface area (Å²) in [7, 11) is 0. The van der Waals surface area contributed by atoms with Crippen LogP contribution in [0.25, 0.3) is 0 Å². The van der Waals surface area contributed by atoms with Gasteiger partial charge < -0.3 is 14.5 Å². The predicted molar refractivity (Wildman–Crippen MR) is 176 cm³/mol. The first-order chi connectivity index (χ1) is 20.3. The molecule has 0 radical (unpaired) electrons. The van der Waals surface area contributed by atoms with Gasteiger partial charge in [0.1, 0.15) is 6.54 Å². The van der Waals surface area contributed by atoms with Crippen molar-refractivity contribution in [2.24, 2.45) is 0 Å². The molecule has 42 heavy (non-hydrogen) atoms. The fourth-order valence-electron chi connectivity index (χ4n) is 7.75. The molecule has 2 aromatic carbocycles. The number of likely N-dealkylation sites (N-methyl/N-ethyl adjacent to an activating group) is 1. The van der Waals surface area contributed by atoms with Gasteiger partial charge >= 0.3 is 0 Å². The third-order valence-corrected chi connectivity index (χ3v) is 9.94. The molecule has 0 bridgehead atoms. The molecule has 0 unspecified atom stereocenters. The third kappa shape index (κ3) is 4.78. The molecule has 0 atom stereocenters. The maximum Gasteiger partial charge on any atom is 0.209 e. The van der Waals surface area contributed by atoms with Crippen LogP contribution < -0.4 is 4.90 Å². The van der Waals surface area contributed by atoms with Crippen LogP contribution in [0.4, 0.5) is 11.4 Å². The second kappa shape index (κ2) is 11.4. The number of ether oxygens (including phenoxy) is 1. The molecule has 6 rings (SSSR count). The number of hydrogen-bond acceptors (Lipinski definition) is 3. The fourth-order valence-corrected chi connectivity index (χ4v) is 7.75. The van der Waals surface area contributed by atoms with Gasteiger partial charge in [-0.1, -0.05) is 62.4 Å². The first kappa shape index (κ1) is 28.7. The zero-order valence-corrected chi connectivity index (χ0v) is 26.5. The molecule has 0 aromatic heterocycles. The van der Waals surface area contributed by atoms with E-state index in [1.165, 1.54) is 57.2 Å². The molecule has 4 nitrogen and oxygen atoms in total. The van der Waals surface area contributed by atoms with E-state index in [2.05, 4.69) is 129 Å². The van der Waals surface area contributed by atoms with Crippen molar-refractivity contribution in [1.82, 2.24) is 4.90 Å². The molecule has 0 amide bonds. The second-order valence-electron chi connectivity index (χ2n) is 13.1. The minimum absolute atomic E-state index is 0.0206. The fraction of sp³-hybridized carbons (Fsp3) is 0.447. The molecule has 1 aliphatic carbocycles. The highest BCUT2D eigenvalue weighted by atomic mass is 16.5. The highest BCUT2D eigenvalue weighted by molar-refractivity contribution is 6.03. The van der Waals surface area contributed by atoms with Crippen molar-refractivity contribution >= 4 is 17.1 Å². The molecule has 4 aliphatic rings. The first-order valence-corrected chi connectivity index (χ1v) is 16.1. The Bertz CT molecular complexity index is 1510. The lowest BCUT2D eigenvalue weighted by atomic mass is 9.81. The number of morpholine rings is 1. The number of anilines is 1. The van der Waals surface area contributed by atoms with Gasteiger partial charge in [0.2, 0.25) is 5.69 Å². The number of hydrogen-bond donors (Lipinski definition) is 0. The van der Waals surface area contributed by atoms with Crippen molar-refractivity contribution in [2.75, 3.05) is 44.3 Å². The van der Waals surface area contributed by atoms with Crippen molar-refractivity contribution < 1.29 is 9.31 Å². The quantitative estimate of drug-likeness (QED) is 0.332. The Labute approximate surface area is 253 Å². The summed E-state index contributed by atoms with van der Waals surface area (Å²) in [6, 6.07) is 17.8. The van der Waals surface area contributed by atoms with Gasteiger partial charge in [-0.05, 0) is 75.8 Å². The van der Waals surface area contributed by atoms with Crippen molar-refractivity contribution in [3.05, 3.63) is 107 Å². The van der Waals surface area contributed by atoms with Crippen LogP contribution in [0.1, 0.15) is 71.9 Å². The summed E-state index contributed by atoms with van der Waals surface area (Å²) >= 11 is 0. The van der Waals surface area contributed by atoms with E-state index in [1.807, 2.05) is 0 Å². The normalized spacial score (nSPS) is 23.5. The van der Waals surface area contributed by atoms with Crippen molar-refractivity contribution in [2.45, 2.75) is 71.6 Å². The molecule has 4 heteroatoms. The van der Waals surface area contributed by atoms with Crippen LogP contribution in [0.5, 0.6) is 0 Å². The summed E-state index contributed by atoms with van der Waals surface area (Å²) in [5, 5.41) is 0. The minimum Gasteiger partial charge on any atom is -0.378 e. The van der Waals surface area contributed by atoms with Gasteiger partial charge in [0.05, 0.1) is 18.6 Å². The SMILES string of the molecule is CCN1/C(=C/C=C2\CCCC(/C=C/C3=[N+](CC)c4ccccc4C3(C)C)=C2N2CCOCC2)C(C)(C)c2ccccc21. The van der Waals surface area contributed by atoms with Gasteiger partial charge in [-0.25, -0.2) is 0 Å². The Kier molecular flexibility index (Phi) is 7.78. The molecule has 220 valence electrons. The van der Waals surface area contributed by atoms with Crippen LogP contribution in [0.3, 0.4) is 0 Å². The van der Waals surface area contributed by atoms with Crippen molar-refractivity contribution in [3.8, 4) is 0 Å². The monoisotopic (exact) mass is 562 g/mol. The van der Waals surface area contributed by atoms with E-state index in [1.54, 1.807) is 0 Å². The number of benzene rings is 2. The number of allylic oxidation sites excluding steroid dienone is 7. The van der Waals surface area contributed by atoms with Crippen LogP contribution >= 0.6 is 0 Å². The zero-order chi connectivity index (χ0) is 29.5. The molecule has 3 heterocycles. The van der Waals surface area contributed by atoms with Gasteiger partial charge in [0.25, 0.3) is 0 Å². The van der Waals surface area contributed by atoms with Gasteiger partial charge in [-0.15, -0.1) is 0 Å². The molecule has 3 aliphatic heterocycles. The van der Waals surface area contributed by atoms with Crippen LogP contribution in [0.2, 0.25) is 0 Å². The summed E-state index contributed by atoms with van der Waals surface area (Å²) in [6.45, 7) is 19.5. The lowest BCUT2D eigenvalue weighted by molar-refractivity contribution is -0.433. The molecule has 1 fully saturated rings. The van der Waals surface area contributed by atoms with Gasteiger partial charge in [0, 0.05) is 59.8 Å². The Morgan fingerprint density at radius 2 is 1.55 bits per heavy atom. The van der Waals surface area contributed by atoms with E-state index >= 15 is 0 Å².